The molecule has 4 nitrogen and oxygen atoms in total. The van der Waals surface area contributed by atoms with E-state index in [1.165, 1.54) is 0 Å². The van der Waals surface area contributed by atoms with Gasteiger partial charge in [0.05, 0.1) is 21.8 Å². The average Bonchev–Trinajstić information content (AvgIpc) is 2.88. The van der Waals surface area contributed by atoms with E-state index in [0.29, 0.717) is 28.1 Å². The molecule has 0 aliphatic carbocycles. The second-order valence-electron chi connectivity index (χ2n) is 4.92. The van der Waals surface area contributed by atoms with Crippen molar-refractivity contribution in [3.63, 3.8) is 0 Å². The minimum atomic E-state index is -0.406. The number of hydrogen-bond donors (Lipinski definition) is 1. The Labute approximate surface area is 128 Å². The molecule has 1 aromatic rings. The first-order valence-corrected chi connectivity index (χ1v) is 7.31. The van der Waals surface area contributed by atoms with E-state index in [0.717, 1.165) is 12.8 Å². The molecule has 20 heavy (non-hydrogen) atoms. The molecule has 1 saturated heterocycles. The van der Waals surface area contributed by atoms with Crippen LogP contribution in [0.25, 0.3) is 0 Å². The molecule has 1 atom stereocenters. The van der Waals surface area contributed by atoms with Crippen LogP contribution < -0.4 is 10.1 Å². The monoisotopic (exact) mass is 317 g/mol. The second kappa shape index (κ2) is 6.66. The zero-order chi connectivity index (χ0) is 14.7. The van der Waals surface area contributed by atoms with Crippen molar-refractivity contribution in [2.75, 3.05) is 11.9 Å². The Hall–Kier alpha value is -0.970. The molecular weight excluding hydrogens is 301 g/mol. The van der Waals surface area contributed by atoms with E-state index >= 15 is 0 Å². The van der Waals surface area contributed by atoms with Crippen LogP contribution in [0, 0.1) is 0 Å². The highest BCUT2D eigenvalue weighted by Gasteiger charge is 2.24. The molecule has 6 heteroatoms. The van der Waals surface area contributed by atoms with Crippen LogP contribution in [0.2, 0.25) is 10.0 Å². The Bertz CT molecular complexity index is 499. The third-order valence-electron chi connectivity index (χ3n) is 2.86. The van der Waals surface area contributed by atoms with E-state index in [4.69, 9.17) is 32.7 Å². The van der Waals surface area contributed by atoms with E-state index in [2.05, 4.69) is 5.32 Å². The number of halogens is 2. The lowest BCUT2D eigenvalue weighted by atomic mass is 10.2. The Kier molecular flexibility index (Phi) is 5.13. The van der Waals surface area contributed by atoms with E-state index in [1.54, 1.807) is 12.1 Å². The van der Waals surface area contributed by atoms with Crippen molar-refractivity contribution in [3.05, 3.63) is 22.2 Å². The second-order valence-corrected chi connectivity index (χ2v) is 5.73. The van der Waals surface area contributed by atoms with Gasteiger partial charge in [-0.2, -0.15) is 0 Å². The van der Waals surface area contributed by atoms with Gasteiger partial charge in [-0.05, 0) is 32.8 Å². The molecule has 110 valence electrons. The molecule has 1 amide bonds. The zero-order valence-corrected chi connectivity index (χ0v) is 12.9. The Morgan fingerprint density at radius 2 is 2.15 bits per heavy atom. The number of rotatable bonds is 4. The third kappa shape index (κ3) is 3.78. The maximum atomic E-state index is 12.0. The predicted molar refractivity (Wildman–Crippen MR) is 79.8 cm³/mol. The van der Waals surface area contributed by atoms with Crippen molar-refractivity contribution >= 4 is 34.8 Å². The molecule has 0 radical (unpaired) electrons. The molecule has 1 N–H and O–H groups in total. The molecule has 1 aromatic carbocycles. The van der Waals surface area contributed by atoms with Gasteiger partial charge in [-0.15, -0.1) is 0 Å². The van der Waals surface area contributed by atoms with Gasteiger partial charge in [0.1, 0.15) is 11.9 Å². The number of carbonyl (C=O) groups is 1. The molecule has 2 rings (SSSR count). The summed E-state index contributed by atoms with van der Waals surface area (Å²) in [7, 11) is 0. The summed E-state index contributed by atoms with van der Waals surface area (Å²) in [5.74, 6) is 0.302. The van der Waals surface area contributed by atoms with Crippen LogP contribution in [0.3, 0.4) is 0 Å². The van der Waals surface area contributed by atoms with Gasteiger partial charge in [0.25, 0.3) is 5.91 Å². The first-order chi connectivity index (χ1) is 9.47. The van der Waals surface area contributed by atoms with Crippen molar-refractivity contribution in [1.82, 2.24) is 0 Å². The quantitative estimate of drug-likeness (QED) is 0.916. The number of benzene rings is 1. The lowest BCUT2D eigenvalue weighted by Crippen LogP contribution is -2.27. The molecule has 0 bridgehead atoms. The Morgan fingerprint density at radius 1 is 1.40 bits per heavy atom. The third-order valence-corrected chi connectivity index (χ3v) is 3.47. The normalized spacial score (nSPS) is 18.4. The van der Waals surface area contributed by atoms with Crippen molar-refractivity contribution in [3.8, 4) is 5.75 Å². The topological polar surface area (TPSA) is 47.6 Å². The standard InChI is InChI=1S/C14H17Cl2NO3/c1-8(2)20-13-7-11(9(15)6-10(13)16)17-14(18)12-4-3-5-19-12/h6-8,12H,3-5H2,1-2H3,(H,17,18). The highest BCUT2D eigenvalue weighted by atomic mass is 35.5. The van der Waals surface area contributed by atoms with Crippen LogP contribution in [-0.2, 0) is 9.53 Å². The number of carbonyl (C=O) groups excluding carboxylic acids is 1. The number of ether oxygens (including phenoxy) is 2. The van der Waals surface area contributed by atoms with E-state index in [9.17, 15) is 4.79 Å². The summed E-state index contributed by atoms with van der Waals surface area (Å²) in [5, 5.41) is 3.55. The van der Waals surface area contributed by atoms with Gasteiger partial charge in [-0.1, -0.05) is 23.2 Å². The molecule has 0 saturated carbocycles. The van der Waals surface area contributed by atoms with Crippen molar-refractivity contribution < 1.29 is 14.3 Å². The Morgan fingerprint density at radius 3 is 2.75 bits per heavy atom. The fourth-order valence-electron chi connectivity index (χ4n) is 1.97. The zero-order valence-electron chi connectivity index (χ0n) is 11.4. The molecular formula is C14H17Cl2NO3. The minimum Gasteiger partial charge on any atom is -0.489 e. The van der Waals surface area contributed by atoms with Crippen LogP contribution in [0.15, 0.2) is 12.1 Å². The minimum absolute atomic E-state index is 0.0182. The lowest BCUT2D eigenvalue weighted by molar-refractivity contribution is -0.124. The van der Waals surface area contributed by atoms with Gasteiger partial charge < -0.3 is 14.8 Å². The maximum absolute atomic E-state index is 12.0. The summed E-state index contributed by atoms with van der Waals surface area (Å²) in [6.45, 7) is 4.42. The average molecular weight is 318 g/mol. The van der Waals surface area contributed by atoms with Crippen LogP contribution in [0.4, 0.5) is 5.69 Å². The summed E-state index contributed by atoms with van der Waals surface area (Å²) in [5.41, 5.74) is 0.479. The fourth-order valence-corrected chi connectivity index (χ4v) is 2.44. The molecule has 0 spiro atoms. The van der Waals surface area contributed by atoms with Gasteiger partial charge in [0.2, 0.25) is 0 Å². The van der Waals surface area contributed by atoms with Gasteiger partial charge in [-0.3, -0.25) is 4.79 Å². The van der Waals surface area contributed by atoms with Crippen molar-refractivity contribution in [2.45, 2.75) is 38.9 Å². The van der Waals surface area contributed by atoms with Gasteiger partial charge in [-0.25, -0.2) is 0 Å². The van der Waals surface area contributed by atoms with Crippen LogP contribution in [-0.4, -0.2) is 24.7 Å². The van der Waals surface area contributed by atoms with Crippen LogP contribution in [0.1, 0.15) is 26.7 Å². The molecule has 1 unspecified atom stereocenters. The first-order valence-electron chi connectivity index (χ1n) is 6.55. The lowest BCUT2D eigenvalue weighted by Gasteiger charge is -2.16. The highest BCUT2D eigenvalue weighted by Crippen LogP contribution is 2.35. The molecule has 1 aliphatic heterocycles. The smallest absolute Gasteiger partial charge is 0.253 e. The highest BCUT2D eigenvalue weighted by molar-refractivity contribution is 6.37. The fraction of sp³-hybridized carbons (Fsp3) is 0.500. The van der Waals surface area contributed by atoms with E-state index < -0.39 is 6.10 Å². The first kappa shape index (κ1) is 15.4. The molecule has 0 aromatic heterocycles. The molecule has 1 fully saturated rings. The number of nitrogens with one attached hydrogen (secondary N) is 1. The number of anilines is 1. The maximum Gasteiger partial charge on any atom is 0.253 e. The number of amides is 1. The summed E-state index contributed by atoms with van der Waals surface area (Å²) < 4.78 is 10.9. The SMILES string of the molecule is CC(C)Oc1cc(NC(=O)C2CCCO2)c(Cl)cc1Cl. The van der Waals surface area contributed by atoms with Gasteiger partial charge in [0, 0.05) is 12.7 Å². The largest absolute Gasteiger partial charge is 0.489 e. The predicted octanol–water partition coefficient (Wildman–Crippen LogP) is 3.90. The number of hydrogen-bond acceptors (Lipinski definition) is 3. The van der Waals surface area contributed by atoms with E-state index in [1.807, 2.05) is 13.8 Å². The summed E-state index contributed by atoms with van der Waals surface area (Å²) >= 11 is 12.2. The van der Waals surface area contributed by atoms with Gasteiger partial charge in [0.15, 0.2) is 0 Å². The van der Waals surface area contributed by atoms with Crippen molar-refractivity contribution in [1.29, 1.82) is 0 Å². The van der Waals surface area contributed by atoms with Crippen LogP contribution in [0.5, 0.6) is 5.75 Å². The van der Waals surface area contributed by atoms with Gasteiger partial charge >= 0.3 is 0 Å². The van der Waals surface area contributed by atoms with Crippen LogP contribution >= 0.6 is 23.2 Å². The summed E-state index contributed by atoms with van der Waals surface area (Å²) in [6.07, 6.45) is 1.20. The summed E-state index contributed by atoms with van der Waals surface area (Å²) in [4.78, 5) is 12.0. The van der Waals surface area contributed by atoms with E-state index in [-0.39, 0.29) is 12.0 Å². The molecule has 1 heterocycles. The Balaban J connectivity index is 2.15. The van der Waals surface area contributed by atoms with Crippen molar-refractivity contribution in [2.24, 2.45) is 0 Å². The molecule has 1 aliphatic rings. The summed E-state index contributed by atoms with van der Waals surface area (Å²) in [6, 6.07) is 3.20.